The normalized spacial score (nSPS) is 20.4. The quantitative estimate of drug-likeness (QED) is 0.817. The van der Waals surface area contributed by atoms with Crippen LogP contribution < -0.4 is 9.47 Å². The van der Waals surface area contributed by atoms with Crippen molar-refractivity contribution in [1.82, 2.24) is 4.90 Å². The maximum Gasteiger partial charge on any atom is 0.166 e. The van der Waals surface area contributed by atoms with E-state index in [0.717, 1.165) is 17.7 Å². The summed E-state index contributed by atoms with van der Waals surface area (Å²) < 4.78 is 10.6. The van der Waals surface area contributed by atoms with Gasteiger partial charge in [-0.2, -0.15) is 0 Å². The summed E-state index contributed by atoms with van der Waals surface area (Å²) in [6.07, 6.45) is -0.515. The van der Waals surface area contributed by atoms with Crippen molar-refractivity contribution in [3.8, 4) is 11.5 Å². The Morgan fingerprint density at radius 2 is 2.06 bits per heavy atom. The Hall–Kier alpha value is -1.26. The van der Waals surface area contributed by atoms with Gasteiger partial charge >= 0.3 is 0 Å². The first-order valence-corrected chi connectivity index (χ1v) is 5.27. The number of aliphatic hydroxyl groups excluding tert-OH is 1. The number of aliphatic hydroxyl groups is 1. The molecule has 0 aromatic heterocycles. The second-order valence-corrected chi connectivity index (χ2v) is 4.09. The van der Waals surface area contributed by atoms with E-state index in [4.69, 9.17) is 9.47 Å². The van der Waals surface area contributed by atoms with Gasteiger partial charge in [0, 0.05) is 18.7 Å². The zero-order valence-electron chi connectivity index (χ0n) is 9.86. The molecule has 16 heavy (non-hydrogen) atoms. The second-order valence-electron chi connectivity index (χ2n) is 4.09. The molecular weight excluding hydrogens is 206 g/mol. The molecule has 4 heteroatoms. The highest BCUT2D eigenvalue weighted by Crippen LogP contribution is 2.39. The van der Waals surface area contributed by atoms with Crippen LogP contribution in [-0.2, 0) is 6.54 Å². The Balaban J connectivity index is 2.54. The van der Waals surface area contributed by atoms with Crippen LogP contribution in [0.15, 0.2) is 12.1 Å². The average Bonchev–Trinajstić information content (AvgIpc) is 2.27. The van der Waals surface area contributed by atoms with Gasteiger partial charge in [0.15, 0.2) is 11.5 Å². The molecule has 0 fully saturated rings. The highest BCUT2D eigenvalue weighted by Gasteiger charge is 2.27. The maximum absolute atomic E-state index is 10.1. The fourth-order valence-electron chi connectivity index (χ4n) is 2.24. The molecule has 0 radical (unpaired) electrons. The van der Waals surface area contributed by atoms with Gasteiger partial charge in [-0.15, -0.1) is 0 Å². The lowest BCUT2D eigenvalue weighted by molar-refractivity contribution is 0.104. The Kier molecular flexibility index (Phi) is 3.03. The number of likely N-dealkylation sites (N-methyl/N-ethyl adjacent to an activating group) is 1. The molecule has 1 aromatic rings. The van der Waals surface area contributed by atoms with Gasteiger partial charge in [0.25, 0.3) is 0 Å². The molecule has 1 heterocycles. The number of nitrogens with zero attached hydrogens (tertiary/aromatic N) is 1. The van der Waals surface area contributed by atoms with Gasteiger partial charge in [-0.25, -0.2) is 0 Å². The predicted molar refractivity (Wildman–Crippen MR) is 60.8 cm³/mol. The minimum atomic E-state index is -0.515. The van der Waals surface area contributed by atoms with E-state index < -0.39 is 6.10 Å². The Morgan fingerprint density at radius 3 is 2.69 bits per heavy atom. The molecule has 1 N–H and O–H groups in total. The molecule has 0 amide bonds. The first kappa shape index (κ1) is 11.2. The van der Waals surface area contributed by atoms with Gasteiger partial charge in [-0.1, -0.05) is 6.07 Å². The summed E-state index contributed by atoms with van der Waals surface area (Å²) in [5.74, 6) is 1.32. The van der Waals surface area contributed by atoms with Crippen LogP contribution in [0.2, 0.25) is 0 Å². The summed E-state index contributed by atoms with van der Waals surface area (Å²) in [4.78, 5) is 2.08. The smallest absolute Gasteiger partial charge is 0.166 e. The van der Waals surface area contributed by atoms with Gasteiger partial charge in [0.05, 0.1) is 20.3 Å². The van der Waals surface area contributed by atoms with Crippen molar-refractivity contribution in [2.45, 2.75) is 12.6 Å². The van der Waals surface area contributed by atoms with Gasteiger partial charge in [0.2, 0.25) is 0 Å². The summed E-state index contributed by atoms with van der Waals surface area (Å²) in [5.41, 5.74) is 1.96. The molecule has 1 unspecified atom stereocenters. The number of ether oxygens (including phenoxy) is 2. The molecule has 1 aromatic carbocycles. The first-order valence-electron chi connectivity index (χ1n) is 5.27. The van der Waals surface area contributed by atoms with E-state index in [9.17, 15) is 5.11 Å². The van der Waals surface area contributed by atoms with Crippen molar-refractivity contribution in [2.24, 2.45) is 0 Å². The topological polar surface area (TPSA) is 41.9 Å². The molecule has 1 aliphatic rings. The highest BCUT2D eigenvalue weighted by molar-refractivity contribution is 5.52. The van der Waals surface area contributed by atoms with Crippen molar-refractivity contribution in [2.75, 3.05) is 27.8 Å². The van der Waals surface area contributed by atoms with Crippen LogP contribution in [0.3, 0.4) is 0 Å². The lowest BCUT2D eigenvalue weighted by Gasteiger charge is -2.30. The predicted octanol–water partition coefficient (Wildman–Crippen LogP) is 1.18. The molecule has 4 nitrogen and oxygen atoms in total. The van der Waals surface area contributed by atoms with Crippen LogP contribution in [0.25, 0.3) is 0 Å². The summed E-state index contributed by atoms with van der Waals surface area (Å²) >= 11 is 0. The van der Waals surface area contributed by atoms with Crippen LogP contribution in [-0.4, -0.2) is 37.8 Å². The zero-order chi connectivity index (χ0) is 11.7. The minimum Gasteiger partial charge on any atom is -0.493 e. The van der Waals surface area contributed by atoms with E-state index in [1.165, 1.54) is 0 Å². The van der Waals surface area contributed by atoms with E-state index in [-0.39, 0.29) is 0 Å². The molecule has 1 aliphatic heterocycles. The summed E-state index contributed by atoms with van der Waals surface area (Å²) in [6, 6.07) is 3.86. The van der Waals surface area contributed by atoms with Gasteiger partial charge < -0.3 is 14.6 Å². The molecule has 0 saturated heterocycles. The van der Waals surface area contributed by atoms with E-state index in [0.29, 0.717) is 18.0 Å². The molecule has 1 atom stereocenters. The third kappa shape index (κ3) is 1.74. The SMILES string of the molecule is COc1ccc2c(c1OC)C(O)CN(C)C2. The fraction of sp³-hybridized carbons (Fsp3) is 0.500. The monoisotopic (exact) mass is 223 g/mol. The fourth-order valence-corrected chi connectivity index (χ4v) is 2.24. The summed E-state index contributed by atoms with van der Waals surface area (Å²) in [6.45, 7) is 1.45. The standard InChI is InChI=1S/C12H17NO3/c1-13-6-8-4-5-10(15-2)12(16-3)11(8)9(14)7-13/h4-5,9,14H,6-7H2,1-3H3. The van der Waals surface area contributed by atoms with Crippen molar-refractivity contribution in [3.63, 3.8) is 0 Å². The zero-order valence-corrected chi connectivity index (χ0v) is 9.86. The van der Waals surface area contributed by atoms with Crippen molar-refractivity contribution < 1.29 is 14.6 Å². The van der Waals surface area contributed by atoms with Crippen LogP contribution >= 0.6 is 0 Å². The molecule has 0 aliphatic carbocycles. The third-order valence-corrected chi connectivity index (χ3v) is 2.93. The summed E-state index contributed by atoms with van der Waals surface area (Å²) in [5, 5.41) is 10.1. The van der Waals surface area contributed by atoms with E-state index in [2.05, 4.69) is 4.90 Å². The molecule has 0 spiro atoms. The lowest BCUT2D eigenvalue weighted by Crippen LogP contribution is -2.30. The highest BCUT2D eigenvalue weighted by atomic mass is 16.5. The molecule has 0 bridgehead atoms. The number of fused-ring (bicyclic) bond motifs is 1. The molecule has 88 valence electrons. The second kappa shape index (κ2) is 4.31. The molecule has 0 saturated carbocycles. The van der Waals surface area contributed by atoms with Crippen molar-refractivity contribution >= 4 is 0 Å². The molecular formula is C12H17NO3. The van der Waals surface area contributed by atoms with Gasteiger partial charge in [-0.3, -0.25) is 4.90 Å². The Morgan fingerprint density at radius 1 is 1.31 bits per heavy atom. The van der Waals surface area contributed by atoms with Crippen LogP contribution in [0.4, 0.5) is 0 Å². The Bertz CT molecular complexity index is 392. The minimum absolute atomic E-state index is 0.515. The largest absolute Gasteiger partial charge is 0.493 e. The first-order chi connectivity index (χ1) is 7.67. The van der Waals surface area contributed by atoms with E-state index in [1.54, 1.807) is 14.2 Å². The number of rotatable bonds is 2. The number of methoxy groups -OCH3 is 2. The average molecular weight is 223 g/mol. The lowest BCUT2D eigenvalue weighted by atomic mass is 9.96. The van der Waals surface area contributed by atoms with Crippen molar-refractivity contribution in [3.05, 3.63) is 23.3 Å². The maximum atomic E-state index is 10.1. The van der Waals surface area contributed by atoms with Crippen LogP contribution in [0, 0.1) is 0 Å². The number of hydrogen-bond donors (Lipinski definition) is 1. The van der Waals surface area contributed by atoms with E-state index >= 15 is 0 Å². The van der Waals surface area contributed by atoms with Crippen molar-refractivity contribution in [1.29, 1.82) is 0 Å². The number of benzene rings is 1. The van der Waals surface area contributed by atoms with E-state index in [1.807, 2.05) is 19.2 Å². The van der Waals surface area contributed by atoms with Crippen LogP contribution in [0.1, 0.15) is 17.2 Å². The number of β-amino-alcohol motifs (C(OH)–C–C–N with tert-alkyl or cyclic N) is 1. The number of hydrogen-bond acceptors (Lipinski definition) is 4. The summed E-state index contributed by atoms with van der Waals surface area (Å²) in [7, 11) is 5.19. The third-order valence-electron chi connectivity index (χ3n) is 2.93. The van der Waals surface area contributed by atoms with Crippen LogP contribution in [0.5, 0.6) is 11.5 Å². The van der Waals surface area contributed by atoms with Gasteiger partial charge in [-0.05, 0) is 18.7 Å². The Labute approximate surface area is 95.4 Å². The van der Waals surface area contributed by atoms with Gasteiger partial charge in [0.1, 0.15) is 0 Å². The molecule has 2 rings (SSSR count).